The van der Waals surface area contributed by atoms with Crippen LogP contribution in [0.25, 0.3) is 0 Å². The Morgan fingerprint density at radius 2 is 2.09 bits per heavy atom. The topological polar surface area (TPSA) is 102 Å². The number of carbonyl (C=O) groups is 2. The Kier molecular flexibility index (Phi) is 4.92. The minimum atomic E-state index is -1.11. The van der Waals surface area contributed by atoms with Gasteiger partial charge in [-0.3, -0.25) is 14.2 Å². The molecule has 0 aliphatic heterocycles. The zero-order chi connectivity index (χ0) is 16.1. The van der Waals surface area contributed by atoms with E-state index in [4.69, 9.17) is 5.11 Å². The predicted molar refractivity (Wildman–Crippen MR) is 78.5 cm³/mol. The lowest BCUT2D eigenvalue weighted by Gasteiger charge is -2.07. The van der Waals surface area contributed by atoms with Crippen LogP contribution in [0.2, 0.25) is 0 Å². The molecular formula is C14H19N5O3. The first-order chi connectivity index (χ1) is 10.5. The van der Waals surface area contributed by atoms with Crippen molar-refractivity contribution in [3.63, 3.8) is 0 Å². The van der Waals surface area contributed by atoms with Crippen LogP contribution in [0.5, 0.6) is 0 Å². The van der Waals surface area contributed by atoms with Crippen molar-refractivity contribution < 1.29 is 14.7 Å². The number of aromatic nitrogens is 4. The molecule has 0 spiro atoms. The zero-order valence-electron chi connectivity index (χ0n) is 12.6. The number of aryl methyl sites for hydroxylation is 3. The lowest BCUT2D eigenvalue weighted by Crippen LogP contribution is -2.29. The number of amides is 1. The maximum Gasteiger partial charge on any atom is 0.356 e. The SMILES string of the molecule is Cc1cc(C)n(CCCNC(=O)Cn2ccc(C(=O)O)n2)n1. The van der Waals surface area contributed by atoms with E-state index in [0.29, 0.717) is 6.54 Å². The molecule has 0 aliphatic rings. The number of nitrogens with one attached hydrogen (secondary N) is 1. The molecule has 22 heavy (non-hydrogen) atoms. The van der Waals surface area contributed by atoms with Crippen molar-refractivity contribution in [3.05, 3.63) is 35.4 Å². The van der Waals surface area contributed by atoms with Gasteiger partial charge in [-0.15, -0.1) is 0 Å². The van der Waals surface area contributed by atoms with Crippen LogP contribution in [0.15, 0.2) is 18.3 Å². The molecule has 8 nitrogen and oxygen atoms in total. The fourth-order valence-corrected chi connectivity index (χ4v) is 2.12. The molecule has 8 heteroatoms. The molecule has 0 saturated carbocycles. The van der Waals surface area contributed by atoms with Gasteiger partial charge in [-0.1, -0.05) is 0 Å². The summed E-state index contributed by atoms with van der Waals surface area (Å²) >= 11 is 0. The van der Waals surface area contributed by atoms with E-state index in [1.54, 1.807) is 0 Å². The van der Waals surface area contributed by atoms with Crippen molar-refractivity contribution in [2.75, 3.05) is 6.54 Å². The molecule has 2 heterocycles. The van der Waals surface area contributed by atoms with Crippen molar-refractivity contribution in [2.45, 2.75) is 33.4 Å². The second-order valence-corrected chi connectivity index (χ2v) is 5.06. The summed E-state index contributed by atoms with van der Waals surface area (Å²) in [6, 6.07) is 3.37. The number of nitrogens with zero attached hydrogens (tertiary/aromatic N) is 4. The van der Waals surface area contributed by atoms with Crippen LogP contribution in [0.1, 0.15) is 28.3 Å². The molecule has 2 aromatic heterocycles. The van der Waals surface area contributed by atoms with Crippen molar-refractivity contribution in [2.24, 2.45) is 0 Å². The second-order valence-electron chi connectivity index (χ2n) is 5.06. The largest absolute Gasteiger partial charge is 0.476 e. The van der Waals surface area contributed by atoms with Gasteiger partial charge in [-0.2, -0.15) is 10.2 Å². The molecule has 2 aromatic rings. The number of aromatic carboxylic acids is 1. The Hall–Kier alpha value is -2.64. The van der Waals surface area contributed by atoms with Crippen molar-refractivity contribution >= 4 is 11.9 Å². The fraction of sp³-hybridized carbons (Fsp3) is 0.429. The van der Waals surface area contributed by atoms with Gasteiger partial charge in [0.25, 0.3) is 0 Å². The van der Waals surface area contributed by atoms with E-state index in [9.17, 15) is 9.59 Å². The fourth-order valence-electron chi connectivity index (χ4n) is 2.12. The molecule has 0 aromatic carbocycles. The van der Waals surface area contributed by atoms with E-state index >= 15 is 0 Å². The highest BCUT2D eigenvalue weighted by Crippen LogP contribution is 2.02. The third kappa shape index (κ3) is 4.18. The van der Waals surface area contributed by atoms with Crippen molar-refractivity contribution in [3.8, 4) is 0 Å². The maximum atomic E-state index is 11.7. The van der Waals surface area contributed by atoms with Gasteiger partial charge in [-0.05, 0) is 32.4 Å². The van der Waals surface area contributed by atoms with Crippen LogP contribution in [-0.4, -0.2) is 43.1 Å². The van der Waals surface area contributed by atoms with E-state index < -0.39 is 5.97 Å². The smallest absolute Gasteiger partial charge is 0.356 e. The van der Waals surface area contributed by atoms with Gasteiger partial charge < -0.3 is 10.4 Å². The lowest BCUT2D eigenvalue weighted by molar-refractivity contribution is -0.121. The zero-order valence-corrected chi connectivity index (χ0v) is 12.6. The number of hydrogen-bond donors (Lipinski definition) is 2. The summed E-state index contributed by atoms with van der Waals surface area (Å²) in [6.07, 6.45) is 2.24. The highest BCUT2D eigenvalue weighted by Gasteiger charge is 2.09. The summed E-state index contributed by atoms with van der Waals surface area (Å²) < 4.78 is 3.22. The van der Waals surface area contributed by atoms with Crippen LogP contribution < -0.4 is 5.32 Å². The first-order valence-corrected chi connectivity index (χ1v) is 7.00. The second kappa shape index (κ2) is 6.88. The van der Waals surface area contributed by atoms with Crippen LogP contribution in [0.4, 0.5) is 0 Å². The third-order valence-corrected chi connectivity index (χ3v) is 3.14. The minimum Gasteiger partial charge on any atom is -0.476 e. The molecule has 118 valence electrons. The van der Waals surface area contributed by atoms with E-state index in [2.05, 4.69) is 15.5 Å². The first kappa shape index (κ1) is 15.7. The quantitative estimate of drug-likeness (QED) is 0.729. The minimum absolute atomic E-state index is 0.00713. The van der Waals surface area contributed by atoms with Crippen LogP contribution in [-0.2, 0) is 17.9 Å². The molecule has 0 aliphatic carbocycles. The van der Waals surface area contributed by atoms with E-state index in [-0.39, 0.29) is 18.1 Å². The molecule has 2 rings (SSSR count). The monoisotopic (exact) mass is 305 g/mol. The summed E-state index contributed by atoms with van der Waals surface area (Å²) in [5.41, 5.74) is 2.01. The number of carboxylic acid groups (broad SMARTS) is 1. The van der Waals surface area contributed by atoms with Crippen molar-refractivity contribution in [1.82, 2.24) is 24.9 Å². The van der Waals surface area contributed by atoms with Gasteiger partial charge in [0, 0.05) is 25.0 Å². The molecule has 0 bridgehead atoms. The summed E-state index contributed by atoms with van der Waals surface area (Å²) in [6.45, 7) is 5.22. The highest BCUT2D eigenvalue weighted by molar-refractivity contribution is 5.85. The van der Waals surface area contributed by atoms with Gasteiger partial charge in [0.15, 0.2) is 5.69 Å². The van der Waals surface area contributed by atoms with E-state index in [0.717, 1.165) is 24.4 Å². The first-order valence-electron chi connectivity index (χ1n) is 7.00. The number of rotatable bonds is 7. The highest BCUT2D eigenvalue weighted by atomic mass is 16.4. The molecule has 2 N–H and O–H groups in total. The summed E-state index contributed by atoms with van der Waals surface area (Å²) in [5.74, 6) is -1.31. The summed E-state index contributed by atoms with van der Waals surface area (Å²) in [7, 11) is 0. The Balaban J connectivity index is 1.71. The Morgan fingerprint density at radius 3 is 2.68 bits per heavy atom. The van der Waals surface area contributed by atoms with Crippen molar-refractivity contribution in [1.29, 1.82) is 0 Å². The van der Waals surface area contributed by atoms with Gasteiger partial charge in [0.1, 0.15) is 6.54 Å². The van der Waals surface area contributed by atoms with Gasteiger partial charge in [-0.25, -0.2) is 4.79 Å². The van der Waals surface area contributed by atoms with Gasteiger partial charge >= 0.3 is 5.97 Å². The molecule has 0 radical (unpaired) electrons. The average Bonchev–Trinajstić information content (AvgIpc) is 3.02. The number of carbonyl (C=O) groups excluding carboxylic acids is 1. The number of carboxylic acids is 1. The molecule has 0 saturated heterocycles. The summed E-state index contributed by atoms with van der Waals surface area (Å²) in [5, 5.41) is 19.7. The van der Waals surface area contributed by atoms with Gasteiger partial charge in [0.2, 0.25) is 5.91 Å². The van der Waals surface area contributed by atoms with E-state index in [1.807, 2.05) is 24.6 Å². The standard InChI is InChI=1S/C14H19N5O3/c1-10-8-11(2)19(16-10)6-3-5-15-13(20)9-18-7-4-12(17-18)14(21)22/h4,7-8H,3,5-6,9H2,1-2H3,(H,15,20)(H,21,22). The molecular weight excluding hydrogens is 286 g/mol. The predicted octanol–water partition coefficient (Wildman–Crippen LogP) is 0.601. The molecule has 1 amide bonds. The molecule has 0 unspecified atom stereocenters. The Labute approximate surface area is 127 Å². The maximum absolute atomic E-state index is 11.7. The Morgan fingerprint density at radius 1 is 1.32 bits per heavy atom. The number of hydrogen-bond acceptors (Lipinski definition) is 4. The normalized spacial score (nSPS) is 10.6. The summed E-state index contributed by atoms with van der Waals surface area (Å²) in [4.78, 5) is 22.4. The van der Waals surface area contributed by atoms with Gasteiger partial charge in [0.05, 0.1) is 5.69 Å². The Bertz CT molecular complexity index is 674. The molecule has 0 fully saturated rings. The third-order valence-electron chi connectivity index (χ3n) is 3.14. The van der Waals surface area contributed by atoms with E-state index in [1.165, 1.54) is 16.9 Å². The lowest BCUT2D eigenvalue weighted by atomic mass is 10.4. The molecule has 0 atom stereocenters. The van der Waals surface area contributed by atoms with Crippen LogP contribution in [0.3, 0.4) is 0 Å². The van der Waals surface area contributed by atoms with Crippen LogP contribution in [0, 0.1) is 13.8 Å². The van der Waals surface area contributed by atoms with Crippen LogP contribution >= 0.6 is 0 Å². The average molecular weight is 305 g/mol.